The molecule has 1 N–H and O–H groups in total. The zero-order chi connectivity index (χ0) is 15.2. The molecule has 0 fully saturated rings. The van der Waals surface area contributed by atoms with Crippen LogP contribution in [-0.2, 0) is 11.3 Å². The van der Waals surface area contributed by atoms with Crippen molar-refractivity contribution in [2.75, 3.05) is 19.5 Å². The highest BCUT2D eigenvalue weighted by molar-refractivity contribution is 5.90. The third-order valence-electron chi connectivity index (χ3n) is 2.99. The Kier molecular flexibility index (Phi) is 4.71. The predicted octanol–water partition coefficient (Wildman–Crippen LogP) is 2.19. The molecule has 2 rings (SSSR count). The fraction of sp³-hybridized carbons (Fsp3) is 0.267. The molecule has 2 aromatic heterocycles. The number of rotatable bonds is 5. The molecule has 6 nitrogen and oxygen atoms in total. The van der Waals surface area contributed by atoms with Crippen LogP contribution in [0.3, 0.4) is 0 Å². The number of carbonyl (C=O) groups is 1. The second-order valence-electron chi connectivity index (χ2n) is 4.35. The molecule has 0 saturated carbocycles. The van der Waals surface area contributed by atoms with Crippen LogP contribution in [0.1, 0.15) is 21.6 Å². The Balaban J connectivity index is 2.10. The average molecular weight is 287 g/mol. The monoisotopic (exact) mass is 287 g/mol. The number of aryl methyl sites for hydroxylation is 1. The van der Waals surface area contributed by atoms with Crippen LogP contribution in [0.4, 0.5) is 5.82 Å². The molecule has 2 heterocycles. The Hall–Kier alpha value is -2.63. The zero-order valence-electron chi connectivity index (χ0n) is 12.2. The van der Waals surface area contributed by atoms with Gasteiger partial charge in [0.15, 0.2) is 0 Å². The van der Waals surface area contributed by atoms with Gasteiger partial charge >= 0.3 is 5.97 Å². The maximum atomic E-state index is 11.5. The van der Waals surface area contributed by atoms with Gasteiger partial charge in [-0.15, -0.1) is 0 Å². The Morgan fingerprint density at radius 3 is 2.76 bits per heavy atom. The molecule has 0 atom stereocenters. The number of aromatic nitrogens is 2. The van der Waals surface area contributed by atoms with Crippen molar-refractivity contribution in [3.8, 4) is 5.88 Å². The van der Waals surface area contributed by atoms with Crippen LogP contribution in [0, 0.1) is 6.92 Å². The number of ether oxygens (including phenoxy) is 2. The molecule has 6 heteroatoms. The summed E-state index contributed by atoms with van der Waals surface area (Å²) in [5.74, 6) is 0.861. The molecule has 0 aliphatic rings. The van der Waals surface area contributed by atoms with Gasteiger partial charge in [0, 0.05) is 18.3 Å². The van der Waals surface area contributed by atoms with Crippen molar-refractivity contribution in [3.63, 3.8) is 0 Å². The minimum Gasteiger partial charge on any atom is -0.481 e. The Morgan fingerprint density at radius 2 is 2.10 bits per heavy atom. The minimum atomic E-state index is -0.388. The van der Waals surface area contributed by atoms with E-state index < -0.39 is 0 Å². The largest absolute Gasteiger partial charge is 0.481 e. The quantitative estimate of drug-likeness (QED) is 0.850. The number of carbonyl (C=O) groups excluding carboxylic acids is 1. The van der Waals surface area contributed by atoms with Crippen LogP contribution in [0.2, 0.25) is 0 Å². The molecule has 0 saturated heterocycles. The molecule has 0 aromatic carbocycles. The lowest BCUT2D eigenvalue weighted by atomic mass is 10.2. The van der Waals surface area contributed by atoms with E-state index in [2.05, 4.69) is 15.3 Å². The van der Waals surface area contributed by atoms with E-state index in [4.69, 9.17) is 9.47 Å². The smallest absolute Gasteiger partial charge is 0.339 e. The van der Waals surface area contributed by atoms with Crippen LogP contribution in [0.5, 0.6) is 5.88 Å². The summed E-state index contributed by atoms with van der Waals surface area (Å²) in [6, 6.07) is 7.20. The van der Waals surface area contributed by atoms with E-state index in [0.717, 1.165) is 5.56 Å². The van der Waals surface area contributed by atoms with Gasteiger partial charge in [-0.25, -0.2) is 14.8 Å². The first-order valence-electron chi connectivity index (χ1n) is 6.43. The van der Waals surface area contributed by atoms with E-state index >= 15 is 0 Å². The minimum absolute atomic E-state index is 0.388. The normalized spacial score (nSPS) is 10.0. The van der Waals surface area contributed by atoms with Gasteiger partial charge in [-0.1, -0.05) is 6.07 Å². The molecule has 0 aliphatic carbocycles. The highest BCUT2D eigenvalue weighted by Crippen LogP contribution is 2.16. The topological polar surface area (TPSA) is 73.3 Å². The lowest BCUT2D eigenvalue weighted by molar-refractivity contribution is 0.0599. The number of nitrogens with one attached hydrogen (secondary N) is 1. The number of nitrogens with zero attached hydrogens (tertiary/aromatic N) is 2. The summed E-state index contributed by atoms with van der Waals surface area (Å²) in [5, 5.41) is 3.18. The number of methoxy groups -OCH3 is 2. The van der Waals surface area contributed by atoms with Gasteiger partial charge in [-0.3, -0.25) is 0 Å². The standard InChI is InChI=1S/C15H17N3O3/c1-10-12(15(19)21-3)6-7-13(18-10)17-9-11-5-4-8-16-14(11)20-2/h4-8H,9H2,1-3H3,(H,17,18). The Labute approximate surface area is 123 Å². The van der Waals surface area contributed by atoms with E-state index in [-0.39, 0.29) is 5.97 Å². The Morgan fingerprint density at radius 1 is 1.29 bits per heavy atom. The molecule has 0 unspecified atom stereocenters. The molecule has 110 valence electrons. The summed E-state index contributed by atoms with van der Waals surface area (Å²) in [6.07, 6.45) is 1.68. The lowest BCUT2D eigenvalue weighted by Crippen LogP contribution is -2.08. The molecule has 0 radical (unpaired) electrons. The summed E-state index contributed by atoms with van der Waals surface area (Å²) < 4.78 is 9.88. The van der Waals surface area contributed by atoms with Crippen LogP contribution in [0.15, 0.2) is 30.5 Å². The lowest BCUT2D eigenvalue weighted by Gasteiger charge is -2.10. The molecule has 2 aromatic rings. The van der Waals surface area contributed by atoms with E-state index in [1.165, 1.54) is 7.11 Å². The Bertz CT molecular complexity index is 644. The molecule has 0 bridgehead atoms. The number of pyridine rings is 2. The summed E-state index contributed by atoms with van der Waals surface area (Å²) in [5.41, 5.74) is 2.00. The van der Waals surface area contributed by atoms with Gasteiger partial charge in [0.25, 0.3) is 0 Å². The summed E-state index contributed by atoms with van der Waals surface area (Å²) in [4.78, 5) is 20.0. The first kappa shape index (κ1) is 14.8. The summed E-state index contributed by atoms with van der Waals surface area (Å²) in [6.45, 7) is 2.29. The molecular formula is C15H17N3O3. The van der Waals surface area contributed by atoms with Gasteiger partial charge in [-0.05, 0) is 25.1 Å². The third-order valence-corrected chi connectivity index (χ3v) is 2.99. The van der Waals surface area contributed by atoms with E-state index in [1.54, 1.807) is 32.4 Å². The maximum Gasteiger partial charge on any atom is 0.339 e. The van der Waals surface area contributed by atoms with Gasteiger partial charge in [-0.2, -0.15) is 0 Å². The van der Waals surface area contributed by atoms with Crippen LogP contribution < -0.4 is 10.1 Å². The van der Waals surface area contributed by atoms with Crippen LogP contribution in [-0.4, -0.2) is 30.2 Å². The van der Waals surface area contributed by atoms with E-state index in [1.807, 2.05) is 12.1 Å². The van der Waals surface area contributed by atoms with Crippen LogP contribution >= 0.6 is 0 Å². The first-order chi connectivity index (χ1) is 10.2. The van der Waals surface area contributed by atoms with Crippen molar-refractivity contribution in [2.45, 2.75) is 13.5 Å². The fourth-order valence-electron chi connectivity index (χ4n) is 1.91. The van der Waals surface area contributed by atoms with Crippen molar-refractivity contribution in [2.24, 2.45) is 0 Å². The number of esters is 1. The highest BCUT2D eigenvalue weighted by Gasteiger charge is 2.11. The highest BCUT2D eigenvalue weighted by atomic mass is 16.5. The number of anilines is 1. The molecule has 21 heavy (non-hydrogen) atoms. The van der Waals surface area contributed by atoms with Gasteiger partial charge < -0.3 is 14.8 Å². The average Bonchev–Trinajstić information content (AvgIpc) is 2.52. The van der Waals surface area contributed by atoms with Crippen molar-refractivity contribution >= 4 is 11.8 Å². The van der Waals surface area contributed by atoms with Crippen molar-refractivity contribution in [3.05, 3.63) is 47.3 Å². The SMILES string of the molecule is COC(=O)c1ccc(NCc2cccnc2OC)nc1C. The number of hydrogen-bond donors (Lipinski definition) is 1. The van der Waals surface area contributed by atoms with Gasteiger partial charge in [0.1, 0.15) is 5.82 Å². The van der Waals surface area contributed by atoms with Crippen molar-refractivity contribution in [1.82, 2.24) is 9.97 Å². The molecule has 0 aliphatic heterocycles. The van der Waals surface area contributed by atoms with Crippen LogP contribution in [0.25, 0.3) is 0 Å². The van der Waals surface area contributed by atoms with Crippen molar-refractivity contribution < 1.29 is 14.3 Å². The van der Waals surface area contributed by atoms with Gasteiger partial charge in [0.05, 0.1) is 25.5 Å². The van der Waals surface area contributed by atoms with E-state index in [0.29, 0.717) is 29.5 Å². The molecular weight excluding hydrogens is 270 g/mol. The molecule has 0 spiro atoms. The fourth-order valence-corrected chi connectivity index (χ4v) is 1.91. The summed E-state index contributed by atoms with van der Waals surface area (Å²) >= 11 is 0. The second-order valence-corrected chi connectivity index (χ2v) is 4.35. The van der Waals surface area contributed by atoms with Gasteiger partial charge in [0.2, 0.25) is 5.88 Å². The predicted molar refractivity (Wildman–Crippen MR) is 78.4 cm³/mol. The first-order valence-corrected chi connectivity index (χ1v) is 6.43. The third kappa shape index (κ3) is 3.47. The second kappa shape index (κ2) is 6.69. The van der Waals surface area contributed by atoms with Crippen molar-refractivity contribution in [1.29, 1.82) is 0 Å². The molecule has 0 amide bonds. The van der Waals surface area contributed by atoms with E-state index in [9.17, 15) is 4.79 Å². The zero-order valence-corrected chi connectivity index (χ0v) is 12.2. The maximum absolute atomic E-state index is 11.5. The summed E-state index contributed by atoms with van der Waals surface area (Å²) in [7, 11) is 2.93. The number of hydrogen-bond acceptors (Lipinski definition) is 6.